The molecule has 1 heterocycles. The number of nitrogens with zero attached hydrogens (tertiary/aromatic N) is 2. The van der Waals surface area contributed by atoms with Gasteiger partial charge in [0.25, 0.3) is 0 Å². The van der Waals surface area contributed by atoms with Crippen LogP contribution in [-0.2, 0) is 26.3 Å². The molecule has 3 N–H and O–H groups in total. The number of benzene rings is 1. The lowest BCUT2D eigenvalue weighted by Gasteiger charge is -2.46. The van der Waals surface area contributed by atoms with Crippen LogP contribution in [0.4, 0.5) is 17.6 Å². The van der Waals surface area contributed by atoms with Crippen molar-refractivity contribution in [3.63, 3.8) is 0 Å². The van der Waals surface area contributed by atoms with Gasteiger partial charge in [-0.25, -0.2) is 14.2 Å². The Morgan fingerprint density at radius 2 is 1.71 bits per heavy atom. The molecule has 0 saturated heterocycles. The number of nitrogens with two attached hydrogens (primary N) is 1. The Morgan fingerprint density at radius 3 is 2.15 bits per heavy atom. The number of carbonyl (C=O) groups is 3. The Kier molecular flexibility index (Phi) is 6.95. The summed E-state index contributed by atoms with van der Waals surface area (Å²) in [6.07, 6.45) is -3.93. The molecule has 188 valence electrons. The molecule has 0 aromatic heterocycles. The molecule has 1 aliphatic carbocycles. The molecule has 0 spiro atoms. The summed E-state index contributed by atoms with van der Waals surface area (Å²) in [7, 11) is 1.56. The SMILES string of the molecule is CN1C(=O)C(C)(C)[C@@](C)(c2cc(CC(=O)C3CC3(C)C)ccc2F)N=C1N.O=C(O)C(F)(F)F. The molecule has 1 fully saturated rings. The number of rotatable bonds is 4. The Hall–Kier alpha value is -2.98. The van der Waals surface area contributed by atoms with Gasteiger partial charge in [-0.3, -0.25) is 14.5 Å². The van der Waals surface area contributed by atoms with Crippen molar-refractivity contribution in [2.45, 2.75) is 59.2 Å². The van der Waals surface area contributed by atoms with Crippen LogP contribution >= 0.6 is 0 Å². The highest BCUT2D eigenvalue weighted by atomic mass is 19.4. The zero-order valence-electron chi connectivity index (χ0n) is 19.9. The van der Waals surface area contributed by atoms with Gasteiger partial charge < -0.3 is 10.8 Å². The molecular formula is C23H29F4N3O4. The second kappa shape index (κ2) is 8.66. The lowest BCUT2D eigenvalue weighted by atomic mass is 9.67. The van der Waals surface area contributed by atoms with Crippen LogP contribution in [-0.4, -0.2) is 46.8 Å². The highest BCUT2D eigenvalue weighted by Crippen LogP contribution is 2.52. The molecule has 1 aromatic rings. The minimum absolute atomic E-state index is 0.0578. The summed E-state index contributed by atoms with van der Waals surface area (Å²) < 4.78 is 46.5. The minimum Gasteiger partial charge on any atom is -0.475 e. The number of alkyl halides is 3. The van der Waals surface area contributed by atoms with E-state index in [0.717, 1.165) is 12.0 Å². The molecule has 1 amide bonds. The Labute approximate surface area is 195 Å². The fraction of sp³-hybridized carbons (Fsp3) is 0.565. The van der Waals surface area contributed by atoms with E-state index in [9.17, 15) is 27.2 Å². The van der Waals surface area contributed by atoms with Crippen LogP contribution in [0.15, 0.2) is 23.2 Å². The van der Waals surface area contributed by atoms with Crippen LogP contribution in [0.5, 0.6) is 0 Å². The smallest absolute Gasteiger partial charge is 0.475 e. The third-order valence-corrected chi connectivity index (χ3v) is 6.82. The molecule has 11 heteroatoms. The lowest BCUT2D eigenvalue weighted by Crippen LogP contribution is -2.58. The molecule has 1 aliphatic heterocycles. The van der Waals surface area contributed by atoms with E-state index in [1.54, 1.807) is 40.0 Å². The van der Waals surface area contributed by atoms with Crippen molar-refractivity contribution in [1.82, 2.24) is 4.90 Å². The molecule has 1 aromatic carbocycles. The van der Waals surface area contributed by atoms with Gasteiger partial charge in [0, 0.05) is 24.9 Å². The molecule has 2 atom stereocenters. The number of carboxylic acids is 1. The van der Waals surface area contributed by atoms with Crippen molar-refractivity contribution in [2.24, 2.45) is 27.5 Å². The third-order valence-electron chi connectivity index (χ3n) is 6.82. The first kappa shape index (κ1) is 27.3. The number of guanidine groups is 1. The molecule has 0 bridgehead atoms. The maximum atomic E-state index is 14.8. The number of halogens is 4. The minimum atomic E-state index is -5.08. The zero-order valence-corrected chi connectivity index (χ0v) is 19.9. The first-order chi connectivity index (χ1) is 15.3. The van der Waals surface area contributed by atoms with Gasteiger partial charge in [0.15, 0.2) is 5.96 Å². The van der Waals surface area contributed by atoms with Crippen LogP contribution in [0.25, 0.3) is 0 Å². The van der Waals surface area contributed by atoms with Crippen molar-refractivity contribution in [3.05, 3.63) is 35.1 Å². The second-order valence-corrected chi connectivity index (χ2v) is 10.0. The number of aliphatic imine (C=N–C) groups is 1. The van der Waals surface area contributed by atoms with Crippen LogP contribution in [0.1, 0.15) is 52.2 Å². The van der Waals surface area contributed by atoms with E-state index in [4.69, 9.17) is 15.6 Å². The fourth-order valence-corrected chi connectivity index (χ4v) is 3.97. The Morgan fingerprint density at radius 1 is 1.21 bits per heavy atom. The first-order valence-electron chi connectivity index (χ1n) is 10.5. The number of amides is 1. The fourth-order valence-electron chi connectivity index (χ4n) is 3.97. The molecule has 3 rings (SSSR count). The summed E-state index contributed by atoms with van der Waals surface area (Å²) in [4.78, 5) is 40.0. The number of hydrogen-bond acceptors (Lipinski definition) is 5. The predicted octanol–water partition coefficient (Wildman–Crippen LogP) is 3.64. The first-order valence-corrected chi connectivity index (χ1v) is 10.5. The standard InChI is InChI=1S/C21H28FN3O2.C2HF3O2/c1-19(2)11-14(19)16(26)10-12-7-8-15(22)13(9-12)21(5)20(3,4)17(27)25(6)18(23)24-21;3-2(4,5)1(6)7/h7-9,14H,10-11H2,1-6H3,(H2,23,24);(H,6,7)/t14?,21-;/m1./s1. The van der Waals surface area contributed by atoms with E-state index < -0.39 is 28.9 Å². The third kappa shape index (κ3) is 5.07. The number of hydrogen-bond donors (Lipinski definition) is 2. The van der Waals surface area contributed by atoms with E-state index in [1.165, 1.54) is 11.0 Å². The maximum absolute atomic E-state index is 14.8. The highest BCUT2D eigenvalue weighted by Gasteiger charge is 2.54. The molecule has 7 nitrogen and oxygen atoms in total. The monoisotopic (exact) mass is 487 g/mol. The molecule has 0 radical (unpaired) electrons. The number of Topliss-reactive ketones (excluding diaryl/α,β-unsaturated/α-hetero) is 1. The van der Waals surface area contributed by atoms with Gasteiger partial charge in [-0.1, -0.05) is 19.9 Å². The summed E-state index contributed by atoms with van der Waals surface area (Å²) in [5.74, 6) is -3.14. The van der Waals surface area contributed by atoms with Crippen molar-refractivity contribution >= 4 is 23.6 Å². The van der Waals surface area contributed by atoms with Crippen molar-refractivity contribution < 1.29 is 37.1 Å². The van der Waals surface area contributed by atoms with Gasteiger partial charge in [0.2, 0.25) is 5.91 Å². The van der Waals surface area contributed by atoms with E-state index >= 15 is 0 Å². The predicted molar refractivity (Wildman–Crippen MR) is 116 cm³/mol. The van der Waals surface area contributed by atoms with Crippen molar-refractivity contribution in [3.8, 4) is 0 Å². The Bertz CT molecular complexity index is 1050. The van der Waals surface area contributed by atoms with E-state index in [1.807, 2.05) is 0 Å². The molecular weight excluding hydrogens is 458 g/mol. The summed E-state index contributed by atoms with van der Waals surface area (Å²) in [5.41, 5.74) is 4.85. The van der Waals surface area contributed by atoms with Crippen molar-refractivity contribution in [2.75, 3.05) is 7.05 Å². The summed E-state index contributed by atoms with van der Waals surface area (Å²) >= 11 is 0. The average molecular weight is 487 g/mol. The molecule has 2 aliphatic rings. The second-order valence-electron chi connectivity index (χ2n) is 10.0. The largest absolute Gasteiger partial charge is 0.490 e. The van der Waals surface area contributed by atoms with Crippen LogP contribution < -0.4 is 5.73 Å². The quantitative estimate of drug-likeness (QED) is 0.630. The topological polar surface area (TPSA) is 113 Å². The highest BCUT2D eigenvalue weighted by molar-refractivity contribution is 6.01. The number of carbonyl (C=O) groups excluding carboxylic acids is 2. The summed E-state index contributed by atoms with van der Waals surface area (Å²) in [6, 6.07) is 4.65. The maximum Gasteiger partial charge on any atom is 0.490 e. The van der Waals surface area contributed by atoms with Gasteiger partial charge in [-0.2, -0.15) is 13.2 Å². The molecule has 1 unspecified atom stereocenters. The molecule has 34 heavy (non-hydrogen) atoms. The van der Waals surface area contributed by atoms with Gasteiger partial charge in [-0.05, 0) is 50.3 Å². The van der Waals surface area contributed by atoms with E-state index in [-0.39, 0.29) is 41.0 Å². The average Bonchev–Trinajstić information content (AvgIpc) is 3.35. The van der Waals surface area contributed by atoms with Gasteiger partial charge in [0.05, 0.1) is 5.41 Å². The van der Waals surface area contributed by atoms with Crippen LogP contribution in [0, 0.1) is 22.6 Å². The van der Waals surface area contributed by atoms with Gasteiger partial charge >= 0.3 is 12.1 Å². The lowest BCUT2D eigenvalue weighted by molar-refractivity contribution is -0.192. The molecule has 1 saturated carbocycles. The summed E-state index contributed by atoms with van der Waals surface area (Å²) in [5, 5.41) is 7.12. The normalized spacial score (nSPS) is 25.1. The van der Waals surface area contributed by atoms with E-state index in [0.29, 0.717) is 0 Å². The van der Waals surface area contributed by atoms with Crippen molar-refractivity contribution in [1.29, 1.82) is 0 Å². The van der Waals surface area contributed by atoms with E-state index in [2.05, 4.69) is 18.8 Å². The summed E-state index contributed by atoms with van der Waals surface area (Å²) in [6.45, 7) is 9.37. The Balaban J connectivity index is 0.000000509. The number of carboxylic acid groups (broad SMARTS) is 1. The van der Waals surface area contributed by atoms with Crippen LogP contribution in [0.2, 0.25) is 0 Å². The van der Waals surface area contributed by atoms with Gasteiger partial charge in [0.1, 0.15) is 17.1 Å². The number of aliphatic carboxylic acids is 1. The number of ketones is 1. The zero-order chi connectivity index (χ0) is 26.4. The van der Waals surface area contributed by atoms with Crippen LogP contribution in [0.3, 0.4) is 0 Å². The van der Waals surface area contributed by atoms with Gasteiger partial charge in [-0.15, -0.1) is 0 Å².